The monoisotopic (exact) mass is 358 g/mol. The molecule has 0 saturated carbocycles. The Bertz CT molecular complexity index is 689. The predicted octanol–water partition coefficient (Wildman–Crippen LogP) is 0.275. The van der Waals surface area contributed by atoms with Gasteiger partial charge in [-0.05, 0) is 44.9 Å². The van der Waals surface area contributed by atoms with E-state index < -0.39 is 12.1 Å². The van der Waals surface area contributed by atoms with Gasteiger partial charge in [0, 0.05) is 18.7 Å². The Kier molecular flexibility index (Phi) is 5.56. The van der Waals surface area contributed by atoms with E-state index in [4.69, 9.17) is 5.73 Å². The molecule has 2 aliphatic rings. The molecule has 2 aliphatic heterocycles. The molecule has 2 fully saturated rings. The fraction of sp³-hybridized carbons (Fsp3) is 0.526. The molecule has 0 bridgehead atoms. The SMILES string of the molecule is Cc1ccc(C(=O)N2CCN3C(=O)[C@H](CCCCN)NC(=O)[C@H]3C2)cc1. The van der Waals surface area contributed by atoms with Crippen LogP contribution >= 0.6 is 0 Å². The van der Waals surface area contributed by atoms with E-state index in [1.807, 2.05) is 19.1 Å². The summed E-state index contributed by atoms with van der Waals surface area (Å²) in [5.41, 5.74) is 7.18. The van der Waals surface area contributed by atoms with Crippen molar-refractivity contribution < 1.29 is 14.4 Å². The number of benzene rings is 1. The number of nitrogens with two attached hydrogens (primary N) is 1. The maximum atomic E-state index is 12.7. The average Bonchev–Trinajstić information content (AvgIpc) is 2.65. The van der Waals surface area contributed by atoms with E-state index in [9.17, 15) is 14.4 Å². The zero-order chi connectivity index (χ0) is 18.7. The zero-order valence-corrected chi connectivity index (χ0v) is 15.1. The molecule has 0 radical (unpaired) electrons. The van der Waals surface area contributed by atoms with Gasteiger partial charge in [-0.25, -0.2) is 0 Å². The summed E-state index contributed by atoms with van der Waals surface area (Å²) in [4.78, 5) is 41.1. The summed E-state index contributed by atoms with van der Waals surface area (Å²) >= 11 is 0. The summed E-state index contributed by atoms with van der Waals surface area (Å²) in [6.07, 6.45) is 2.25. The lowest BCUT2D eigenvalue weighted by molar-refractivity contribution is -0.152. The van der Waals surface area contributed by atoms with Crippen LogP contribution in [-0.4, -0.2) is 65.8 Å². The lowest BCUT2D eigenvalue weighted by Crippen LogP contribution is -2.69. The van der Waals surface area contributed by atoms with Gasteiger partial charge in [0.1, 0.15) is 12.1 Å². The number of fused-ring (bicyclic) bond motifs is 1. The van der Waals surface area contributed by atoms with Crippen molar-refractivity contribution in [1.82, 2.24) is 15.1 Å². The van der Waals surface area contributed by atoms with E-state index in [0.717, 1.165) is 18.4 Å². The Balaban J connectivity index is 1.65. The van der Waals surface area contributed by atoms with E-state index in [1.54, 1.807) is 21.9 Å². The molecule has 7 heteroatoms. The minimum Gasteiger partial charge on any atom is -0.342 e. The van der Waals surface area contributed by atoms with Crippen molar-refractivity contribution >= 4 is 17.7 Å². The van der Waals surface area contributed by atoms with Crippen LogP contribution in [0, 0.1) is 6.92 Å². The van der Waals surface area contributed by atoms with Gasteiger partial charge in [0.25, 0.3) is 5.91 Å². The molecule has 3 rings (SSSR count). The number of rotatable bonds is 5. The molecule has 0 aromatic heterocycles. The van der Waals surface area contributed by atoms with Crippen LogP contribution in [0.25, 0.3) is 0 Å². The van der Waals surface area contributed by atoms with Crippen LogP contribution in [0.5, 0.6) is 0 Å². The summed E-state index contributed by atoms with van der Waals surface area (Å²) in [5, 5.41) is 2.82. The first-order chi connectivity index (χ1) is 12.5. The highest BCUT2D eigenvalue weighted by molar-refractivity contribution is 5.99. The molecular formula is C19H26N4O3. The second kappa shape index (κ2) is 7.86. The summed E-state index contributed by atoms with van der Waals surface area (Å²) in [5.74, 6) is -0.326. The fourth-order valence-corrected chi connectivity index (χ4v) is 3.55. The van der Waals surface area contributed by atoms with Crippen LogP contribution in [0.4, 0.5) is 0 Å². The molecule has 0 unspecified atom stereocenters. The first-order valence-electron chi connectivity index (χ1n) is 9.18. The maximum Gasteiger partial charge on any atom is 0.253 e. The summed E-state index contributed by atoms with van der Waals surface area (Å²) < 4.78 is 0. The quantitative estimate of drug-likeness (QED) is 0.739. The smallest absolute Gasteiger partial charge is 0.253 e. The predicted molar refractivity (Wildman–Crippen MR) is 97.4 cm³/mol. The Morgan fingerprint density at radius 3 is 2.62 bits per heavy atom. The first kappa shape index (κ1) is 18.4. The second-order valence-electron chi connectivity index (χ2n) is 7.01. The van der Waals surface area contributed by atoms with Gasteiger partial charge in [0.05, 0.1) is 6.54 Å². The van der Waals surface area contributed by atoms with Crippen LogP contribution < -0.4 is 11.1 Å². The molecule has 2 saturated heterocycles. The summed E-state index contributed by atoms with van der Waals surface area (Å²) in [7, 11) is 0. The van der Waals surface area contributed by atoms with Gasteiger partial charge in [-0.15, -0.1) is 0 Å². The van der Waals surface area contributed by atoms with Crippen molar-refractivity contribution in [1.29, 1.82) is 0 Å². The standard InChI is InChI=1S/C19H26N4O3/c1-13-5-7-14(8-6-13)18(25)22-10-11-23-16(12-22)17(24)21-15(19(23)26)4-2-3-9-20/h5-8,15-16H,2-4,9-12,20H2,1H3,(H,21,24)/t15-,16+/m0/s1. The van der Waals surface area contributed by atoms with Crippen LogP contribution in [0.3, 0.4) is 0 Å². The van der Waals surface area contributed by atoms with Gasteiger partial charge in [-0.3, -0.25) is 14.4 Å². The Morgan fingerprint density at radius 1 is 1.19 bits per heavy atom. The highest BCUT2D eigenvalue weighted by Crippen LogP contribution is 2.20. The normalized spacial score (nSPS) is 22.8. The molecule has 2 atom stereocenters. The number of hydrogen-bond acceptors (Lipinski definition) is 4. The molecule has 26 heavy (non-hydrogen) atoms. The lowest BCUT2D eigenvalue weighted by atomic mass is 9.99. The number of hydrogen-bond donors (Lipinski definition) is 2. The minimum atomic E-state index is -0.601. The third kappa shape index (κ3) is 3.72. The van der Waals surface area contributed by atoms with E-state index in [1.165, 1.54) is 0 Å². The molecule has 0 aliphatic carbocycles. The number of carbonyl (C=O) groups excluding carboxylic acids is 3. The second-order valence-corrected chi connectivity index (χ2v) is 7.01. The number of nitrogens with one attached hydrogen (secondary N) is 1. The number of piperazine rings is 2. The summed E-state index contributed by atoms with van der Waals surface area (Å²) in [6.45, 7) is 3.62. The van der Waals surface area contributed by atoms with E-state index in [2.05, 4.69) is 5.32 Å². The molecule has 1 aromatic carbocycles. The minimum absolute atomic E-state index is 0.0472. The van der Waals surface area contributed by atoms with Crippen LogP contribution in [0.2, 0.25) is 0 Å². The van der Waals surface area contributed by atoms with Crippen LogP contribution in [0.1, 0.15) is 35.2 Å². The number of nitrogens with zero attached hydrogens (tertiary/aromatic N) is 2. The number of unbranched alkanes of at least 4 members (excludes halogenated alkanes) is 1. The van der Waals surface area contributed by atoms with E-state index >= 15 is 0 Å². The van der Waals surface area contributed by atoms with E-state index in [0.29, 0.717) is 31.6 Å². The number of carbonyl (C=O) groups is 3. The van der Waals surface area contributed by atoms with Crippen LogP contribution in [0.15, 0.2) is 24.3 Å². The molecule has 0 spiro atoms. The van der Waals surface area contributed by atoms with Crippen molar-refractivity contribution in [2.75, 3.05) is 26.2 Å². The topological polar surface area (TPSA) is 95.7 Å². The first-order valence-corrected chi connectivity index (χ1v) is 9.18. The maximum absolute atomic E-state index is 12.7. The average molecular weight is 358 g/mol. The van der Waals surface area contributed by atoms with Crippen molar-refractivity contribution in [2.45, 2.75) is 38.3 Å². The Hall–Kier alpha value is -2.41. The molecule has 7 nitrogen and oxygen atoms in total. The lowest BCUT2D eigenvalue weighted by Gasteiger charge is -2.45. The fourth-order valence-electron chi connectivity index (χ4n) is 3.55. The van der Waals surface area contributed by atoms with Gasteiger partial charge in [-0.1, -0.05) is 17.7 Å². The molecular weight excluding hydrogens is 332 g/mol. The van der Waals surface area contributed by atoms with Crippen molar-refractivity contribution in [3.05, 3.63) is 35.4 Å². The summed E-state index contributed by atoms with van der Waals surface area (Å²) in [6, 6.07) is 6.31. The molecule has 1 aromatic rings. The van der Waals surface area contributed by atoms with Crippen molar-refractivity contribution in [2.24, 2.45) is 5.73 Å². The number of aryl methyl sites for hydroxylation is 1. The molecule has 2 heterocycles. The van der Waals surface area contributed by atoms with Crippen molar-refractivity contribution in [3.8, 4) is 0 Å². The van der Waals surface area contributed by atoms with Crippen LogP contribution in [-0.2, 0) is 9.59 Å². The van der Waals surface area contributed by atoms with Gasteiger partial charge >= 0.3 is 0 Å². The zero-order valence-electron chi connectivity index (χ0n) is 15.1. The largest absolute Gasteiger partial charge is 0.342 e. The van der Waals surface area contributed by atoms with Gasteiger partial charge in [0.15, 0.2) is 0 Å². The van der Waals surface area contributed by atoms with E-state index in [-0.39, 0.29) is 24.3 Å². The van der Waals surface area contributed by atoms with Gasteiger partial charge < -0.3 is 20.9 Å². The molecule has 3 N–H and O–H groups in total. The highest BCUT2D eigenvalue weighted by Gasteiger charge is 2.43. The Morgan fingerprint density at radius 2 is 1.92 bits per heavy atom. The van der Waals surface area contributed by atoms with Gasteiger partial charge in [-0.2, -0.15) is 0 Å². The third-order valence-corrected chi connectivity index (χ3v) is 5.11. The third-order valence-electron chi connectivity index (χ3n) is 5.11. The molecule has 3 amide bonds. The molecule has 140 valence electrons. The van der Waals surface area contributed by atoms with Crippen molar-refractivity contribution in [3.63, 3.8) is 0 Å². The number of amides is 3. The highest BCUT2D eigenvalue weighted by atomic mass is 16.2. The van der Waals surface area contributed by atoms with Gasteiger partial charge in [0.2, 0.25) is 11.8 Å². The Labute approximate surface area is 153 Å².